The van der Waals surface area contributed by atoms with E-state index in [0.717, 1.165) is 38.5 Å². The predicted octanol–water partition coefficient (Wildman–Crippen LogP) is 6.05. The van der Waals surface area contributed by atoms with Gasteiger partial charge in [0, 0.05) is 6.42 Å². The quantitative estimate of drug-likeness (QED) is 0.0517. The minimum absolute atomic E-state index is 0.134. The van der Waals surface area contributed by atoms with E-state index in [-0.39, 0.29) is 12.5 Å². The molecule has 0 spiro atoms. The van der Waals surface area contributed by atoms with Crippen LogP contribution in [0.15, 0.2) is 0 Å². The first-order valence-corrected chi connectivity index (χ1v) is 18.7. The fourth-order valence-electron chi connectivity index (χ4n) is 6.10. The van der Waals surface area contributed by atoms with E-state index in [2.05, 4.69) is 19.2 Å². The average Bonchev–Trinajstić information content (AvgIpc) is 3.04. The molecule has 45 heavy (non-hydrogen) atoms. The summed E-state index contributed by atoms with van der Waals surface area (Å²) < 4.78 is 11.2. The van der Waals surface area contributed by atoms with Crippen molar-refractivity contribution in [1.29, 1.82) is 0 Å². The van der Waals surface area contributed by atoms with Crippen LogP contribution >= 0.6 is 0 Å². The lowest BCUT2D eigenvalue weighted by Crippen LogP contribution is -2.60. The highest BCUT2D eigenvalue weighted by Gasteiger charge is 2.44. The lowest BCUT2D eigenvalue weighted by atomic mass is 9.99. The van der Waals surface area contributed by atoms with Crippen LogP contribution in [-0.4, -0.2) is 87.5 Å². The van der Waals surface area contributed by atoms with E-state index >= 15 is 0 Å². The Hall–Kier alpha value is -0.810. The minimum Gasteiger partial charge on any atom is -0.394 e. The van der Waals surface area contributed by atoms with E-state index in [4.69, 9.17) is 9.47 Å². The summed E-state index contributed by atoms with van der Waals surface area (Å²) in [6.45, 7) is 3.78. The normalized spacial score (nSPS) is 23.2. The monoisotopic (exact) mass is 646 g/mol. The van der Waals surface area contributed by atoms with Crippen LogP contribution < -0.4 is 5.32 Å². The van der Waals surface area contributed by atoms with Crippen LogP contribution in [0, 0.1) is 0 Å². The van der Waals surface area contributed by atoms with E-state index in [1.54, 1.807) is 0 Å². The Bertz CT molecular complexity index is 681. The topological polar surface area (TPSA) is 149 Å². The molecular formula is C36H71NO8. The average molecular weight is 646 g/mol. The number of hydrogen-bond acceptors (Lipinski definition) is 8. The van der Waals surface area contributed by atoms with Crippen LogP contribution in [0.3, 0.4) is 0 Å². The molecule has 6 N–H and O–H groups in total. The number of aliphatic hydroxyl groups excluding tert-OH is 5. The smallest absolute Gasteiger partial charge is 0.220 e. The van der Waals surface area contributed by atoms with Crippen molar-refractivity contribution in [1.82, 2.24) is 5.32 Å². The first-order chi connectivity index (χ1) is 21.8. The lowest BCUT2D eigenvalue weighted by Gasteiger charge is -2.40. The maximum atomic E-state index is 12.8. The van der Waals surface area contributed by atoms with Crippen LogP contribution in [0.5, 0.6) is 0 Å². The van der Waals surface area contributed by atoms with Gasteiger partial charge in [0.1, 0.15) is 24.4 Å². The van der Waals surface area contributed by atoms with E-state index in [1.165, 1.54) is 103 Å². The van der Waals surface area contributed by atoms with E-state index in [0.29, 0.717) is 12.8 Å². The van der Waals surface area contributed by atoms with Crippen molar-refractivity contribution < 1.29 is 39.8 Å². The standard InChI is InChI=1S/C36H71NO8/c1-3-5-7-9-11-13-14-15-16-17-18-20-22-24-26-32(40)37-29(30(39)25-23-21-19-12-10-8-6-4-2)28-44-36-35(43)34(42)33(41)31(27-38)45-36/h29-31,33-36,38-39,41-43H,3-28H2,1-2H3,(H,37,40). The zero-order valence-corrected chi connectivity index (χ0v) is 28.9. The van der Waals surface area contributed by atoms with Gasteiger partial charge in [-0.2, -0.15) is 0 Å². The number of carbonyl (C=O) groups is 1. The highest BCUT2D eigenvalue weighted by atomic mass is 16.7. The molecule has 0 aromatic heterocycles. The van der Waals surface area contributed by atoms with E-state index < -0.39 is 49.5 Å². The van der Waals surface area contributed by atoms with Crippen LogP contribution in [0.4, 0.5) is 0 Å². The Morgan fingerprint density at radius 1 is 0.667 bits per heavy atom. The molecule has 1 aliphatic rings. The molecule has 0 aromatic carbocycles. The number of rotatable bonds is 30. The van der Waals surface area contributed by atoms with Gasteiger partial charge in [0.05, 0.1) is 25.4 Å². The first kappa shape index (κ1) is 42.2. The second-order valence-corrected chi connectivity index (χ2v) is 13.4. The number of amides is 1. The van der Waals surface area contributed by atoms with Gasteiger partial charge in [-0.15, -0.1) is 0 Å². The summed E-state index contributed by atoms with van der Waals surface area (Å²) in [5.41, 5.74) is 0. The van der Waals surface area contributed by atoms with Gasteiger partial charge in [0.2, 0.25) is 5.91 Å². The van der Waals surface area contributed by atoms with Crippen molar-refractivity contribution in [2.45, 2.75) is 211 Å². The summed E-state index contributed by atoms with van der Waals surface area (Å²) >= 11 is 0. The summed E-state index contributed by atoms with van der Waals surface area (Å²) in [6, 6.07) is -0.707. The molecule has 0 radical (unpaired) electrons. The molecule has 0 bridgehead atoms. The van der Waals surface area contributed by atoms with Gasteiger partial charge in [0.25, 0.3) is 0 Å². The van der Waals surface area contributed by atoms with Crippen molar-refractivity contribution in [3.63, 3.8) is 0 Å². The molecule has 1 rings (SSSR count). The number of carbonyl (C=O) groups excluding carboxylic acids is 1. The maximum absolute atomic E-state index is 12.8. The number of hydrogen-bond donors (Lipinski definition) is 6. The number of ether oxygens (including phenoxy) is 2. The molecule has 7 atom stereocenters. The lowest BCUT2D eigenvalue weighted by molar-refractivity contribution is -0.302. The van der Waals surface area contributed by atoms with Crippen molar-refractivity contribution in [3.05, 3.63) is 0 Å². The summed E-state index contributed by atoms with van der Waals surface area (Å²) in [7, 11) is 0. The molecule has 0 saturated carbocycles. The predicted molar refractivity (Wildman–Crippen MR) is 180 cm³/mol. The Balaban J connectivity index is 2.39. The third-order valence-electron chi connectivity index (χ3n) is 9.21. The molecule has 1 saturated heterocycles. The van der Waals surface area contributed by atoms with Crippen molar-refractivity contribution in [2.75, 3.05) is 13.2 Å². The van der Waals surface area contributed by atoms with Crippen LogP contribution in [0.2, 0.25) is 0 Å². The molecule has 1 aliphatic heterocycles. The van der Waals surface area contributed by atoms with Gasteiger partial charge in [-0.1, -0.05) is 149 Å². The molecule has 1 heterocycles. The molecule has 7 unspecified atom stereocenters. The third kappa shape index (κ3) is 20.2. The molecular weight excluding hydrogens is 574 g/mol. The van der Waals surface area contributed by atoms with Gasteiger partial charge in [0.15, 0.2) is 6.29 Å². The SMILES string of the molecule is CCCCCCCCCCCCCCCCC(=O)NC(COC1OC(CO)C(O)C(O)C1O)C(O)CCCCCCCCCC. The third-order valence-corrected chi connectivity index (χ3v) is 9.21. The van der Waals surface area contributed by atoms with E-state index in [9.17, 15) is 30.3 Å². The summed E-state index contributed by atoms with van der Waals surface area (Å²) in [4.78, 5) is 12.8. The molecule has 268 valence electrons. The second-order valence-electron chi connectivity index (χ2n) is 13.4. The number of nitrogens with one attached hydrogen (secondary N) is 1. The van der Waals surface area contributed by atoms with Gasteiger partial charge in [-0.05, 0) is 12.8 Å². The molecule has 9 heteroatoms. The molecule has 0 aliphatic carbocycles. The molecule has 0 aromatic rings. The largest absolute Gasteiger partial charge is 0.394 e. The van der Waals surface area contributed by atoms with Crippen molar-refractivity contribution >= 4 is 5.91 Å². The summed E-state index contributed by atoms with van der Waals surface area (Å²) in [5.74, 6) is -0.147. The maximum Gasteiger partial charge on any atom is 0.220 e. The Kier molecular flexibility index (Phi) is 26.5. The highest BCUT2D eigenvalue weighted by molar-refractivity contribution is 5.76. The van der Waals surface area contributed by atoms with Crippen molar-refractivity contribution in [3.8, 4) is 0 Å². The number of aliphatic hydroxyl groups is 5. The second kappa shape index (κ2) is 28.2. The van der Waals surface area contributed by atoms with Crippen LogP contribution in [0.1, 0.15) is 168 Å². The van der Waals surface area contributed by atoms with Crippen LogP contribution in [-0.2, 0) is 14.3 Å². The fourth-order valence-corrected chi connectivity index (χ4v) is 6.10. The van der Waals surface area contributed by atoms with Gasteiger partial charge < -0.3 is 40.3 Å². The minimum atomic E-state index is -1.54. The number of unbranched alkanes of at least 4 members (excludes halogenated alkanes) is 20. The fraction of sp³-hybridized carbons (Fsp3) is 0.972. The Morgan fingerprint density at radius 3 is 1.58 bits per heavy atom. The highest BCUT2D eigenvalue weighted by Crippen LogP contribution is 2.23. The Morgan fingerprint density at radius 2 is 1.11 bits per heavy atom. The van der Waals surface area contributed by atoms with Crippen LogP contribution in [0.25, 0.3) is 0 Å². The summed E-state index contributed by atoms with van der Waals surface area (Å²) in [5, 5.41) is 53.8. The zero-order valence-electron chi connectivity index (χ0n) is 28.9. The van der Waals surface area contributed by atoms with E-state index in [1.807, 2.05) is 0 Å². The molecule has 1 fully saturated rings. The van der Waals surface area contributed by atoms with Crippen molar-refractivity contribution in [2.24, 2.45) is 0 Å². The molecule has 1 amide bonds. The zero-order chi connectivity index (χ0) is 33.1. The van der Waals surface area contributed by atoms with Gasteiger partial charge in [-0.3, -0.25) is 4.79 Å². The Labute approximate surface area is 274 Å². The summed E-state index contributed by atoms with van der Waals surface area (Å²) in [6.07, 6.45) is 19.8. The first-order valence-electron chi connectivity index (χ1n) is 18.7. The van der Waals surface area contributed by atoms with Gasteiger partial charge >= 0.3 is 0 Å². The molecule has 9 nitrogen and oxygen atoms in total. The van der Waals surface area contributed by atoms with Gasteiger partial charge in [-0.25, -0.2) is 0 Å².